The van der Waals surface area contributed by atoms with Gasteiger partial charge in [-0.2, -0.15) is 0 Å². The van der Waals surface area contributed by atoms with Crippen molar-refractivity contribution in [2.24, 2.45) is 7.05 Å². The Labute approximate surface area is 103 Å². The molecule has 0 aliphatic heterocycles. The van der Waals surface area contributed by atoms with E-state index in [4.69, 9.17) is 0 Å². The second-order valence-corrected chi connectivity index (χ2v) is 3.76. The number of nitrogens with one attached hydrogen (secondary N) is 1. The molecule has 6 nitrogen and oxygen atoms in total. The minimum atomic E-state index is -0.293. The number of hydrogen-bond acceptors (Lipinski definition) is 4. The van der Waals surface area contributed by atoms with Crippen molar-refractivity contribution in [2.45, 2.75) is 6.54 Å². The van der Waals surface area contributed by atoms with E-state index in [0.29, 0.717) is 12.2 Å². The van der Waals surface area contributed by atoms with Gasteiger partial charge in [-0.15, -0.1) is 0 Å². The standard InChI is InChI=1S/C12H12N4O2/c1-16-5-3-9(6-11(16)17)7-14-12(18)10-2-4-13-8-15-10/h2-6,8H,7H2,1H3,(H,14,18). The van der Waals surface area contributed by atoms with Gasteiger partial charge in [0.15, 0.2) is 0 Å². The molecular weight excluding hydrogens is 232 g/mol. The molecular formula is C12H12N4O2. The van der Waals surface area contributed by atoms with Crippen molar-refractivity contribution in [3.05, 3.63) is 58.5 Å². The van der Waals surface area contributed by atoms with Gasteiger partial charge in [-0.3, -0.25) is 9.59 Å². The Morgan fingerprint density at radius 1 is 1.44 bits per heavy atom. The molecule has 0 aliphatic rings. The molecule has 0 saturated carbocycles. The number of hydrogen-bond donors (Lipinski definition) is 1. The summed E-state index contributed by atoms with van der Waals surface area (Å²) in [6.45, 7) is 0.291. The summed E-state index contributed by atoms with van der Waals surface area (Å²) in [6, 6.07) is 4.79. The summed E-state index contributed by atoms with van der Waals surface area (Å²) in [5, 5.41) is 2.68. The maximum absolute atomic E-state index is 11.7. The lowest BCUT2D eigenvalue weighted by molar-refractivity contribution is 0.0945. The number of carbonyl (C=O) groups excluding carboxylic acids is 1. The molecule has 2 heterocycles. The number of aromatic nitrogens is 3. The normalized spacial score (nSPS) is 10.1. The van der Waals surface area contributed by atoms with Crippen LogP contribution in [0.25, 0.3) is 0 Å². The van der Waals surface area contributed by atoms with Gasteiger partial charge in [0.2, 0.25) is 0 Å². The second kappa shape index (κ2) is 5.22. The Hall–Kier alpha value is -2.50. The molecule has 0 aromatic carbocycles. The van der Waals surface area contributed by atoms with Crippen LogP contribution in [0.15, 0.2) is 41.7 Å². The summed E-state index contributed by atoms with van der Waals surface area (Å²) in [5.74, 6) is -0.293. The zero-order chi connectivity index (χ0) is 13.0. The zero-order valence-corrected chi connectivity index (χ0v) is 9.83. The molecule has 0 unspecified atom stereocenters. The first-order chi connectivity index (χ1) is 8.66. The first kappa shape index (κ1) is 12.0. The second-order valence-electron chi connectivity index (χ2n) is 3.76. The molecule has 0 saturated heterocycles. The van der Waals surface area contributed by atoms with Gasteiger partial charge in [0.05, 0.1) is 0 Å². The van der Waals surface area contributed by atoms with Gasteiger partial charge >= 0.3 is 0 Å². The Morgan fingerprint density at radius 2 is 2.28 bits per heavy atom. The Balaban J connectivity index is 2.02. The number of pyridine rings is 1. The van der Waals surface area contributed by atoms with Crippen LogP contribution in [-0.2, 0) is 13.6 Å². The number of nitrogens with zero attached hydrogens (tertiary/aromatic N) is 3. The monoisotopic (exact) mass is 244 g/mol. The van der Waals surface area contributed by atoms with E-state index in [1.54, 1.807) is 19.3 Å². The molecule has 1 amide bonds. The first-order valence-electron chi connectivity index (χ1n) is 5.36. The van der Waals surface area contributed by atoms with Gasteiger partial charge in [-0.1, -0.05) is 0 Å². The van der Waals surface area contributed by atoms with Crippen LogP contribution < -0.4 is 10.9 Å². The Kier molecular flexibility index (Phi) is 3.47. The molecule has 0 bridgehead atoms. The highest BCUT2D eigenvalue weighted by atomic mass is 16.2. The van der Waals surface area contributed by atoms with Crippen molar-refractivity contribution in [3.8, 4) is 0 Å². The van der Waals surface area contributed by atoms with E-state index in [0.717, 1.165) is 5.56 Å². The van der Waals surface area contributed by atoms with Crippen LogP contribution in [0.4, 0.5) is 0 Å². The lowest BCUT2D eigenvalue weighted by Crippen LogP contribution is -2.25. The third-order valence-electron chi connectivity index (χ3n) is 2.44. The summed E-state index contributed by atoms with van der Waals surface area (Å²) in [4.78, 5) is 30.6. The van der Waals surface area contributed by atoms with Crippen molar-refractivity contribution in [2.75, 3.05) is 0 Å². The van der Waals surface area contributed by atoms with Crippen molar-refractivity contribution in [1.82, 2.24) is 19.9 Å². The van der Waals surface area contributed by atoms with Crippen LogP contribution in [0.3, 0.4) is 0 Å². The number of amides is 1. The van der Waals surface area contributed by atoms with Gasteiger partial charge in [-0.25, -0.2) is 9.97 Å². The molecule has 2 aromatic rings. The van der Waals surface area contributed by atoms with E-state index in [-0.39, 0.29) is 11.5 Å². The van der Waals surface area contributed by atoms with Crippen LogP contribution >= 0.6 is 0 Å². The van der Waals surface area contributed by atoms with Crippen LogP contribution in [0.2, 0.25) is 0 Å². The predicted molar refractivity (Wildman–Crippen MR) is 64.9 cm³/mol. The predicted octanol–water partition coefficient (Wildman–Crippen LogP) is 0.105. The van der Waals surface area contributed by atoms with Crippen LogP contribution in [0.5, 0.6) is 0 Å². The van der Waals surface area contributed by atoms with Crippen LogP contribution in [0, 0.1) is 0 Å². The molecule has 2 aromatic heterocycles. The van der Waals surface area contributed by atoms with Gasteiger partial charge in [0.1, 0.15) is 12.0 Å². The van der Waals surface area contributed by atoms with Gasteiger partial charge in [0.25, 0.3) is 11.5 Å². The molecule has 1 N–H and O–H groups in total. The molecule has 0 atom stereocenters. The lowest BCUT2D eigenvalue weighted by atomic mass is 10.2. The summed E-state index contributed by atoms with van der Waals surface area (Å²) in [6.07, 6.45) is 4.47. The van der Waals surface area contributed by atoms with Crippen molar-refractivity contribution in [3.63, 3.8) is 0 Å². The summed E-state index contributed by atoms with van der Waals surface area (Å²) >= 11 is 0. The van der Waals surface area contributed by atoms with E-state index in [9.17, 15) is 9.59 Å². The molecule has 0 spiro atoms. The maximum atomic E-state index is 11.7. The fourth-order valence-electron chi connectivity index (χ4n) is 1.40. The SMILES string of the molecule is Cn1ccc(CNC(=O)c2ccncn2)cc1=O. The minimum absolute atomic E-state index is 0.108. The molecule has 18 heavy (non-hydrogen) atoms. The lowest BCUT2D eigenvalue weighted by Gasteiger charge is -2.05. The average molecular weight is 244 g/mol. The summed E-state index contributed by atoms with van der Waals surface area (Å²) in [7, 11) is 1.67. The van der Waals surface area contributed by atoms with Gasteiger partial charge < -0.3 is 9.88 Å². The van der Waals surface area contributed by atoms with Crippen LogP contribution in [-0.4, -0.2) is 20.4 Å². The molecule has 0 radical (unpaired) electrons. The smallest absolute Gasteiger partial charge is 0.270 e. The number of aryl methyl sites for hydroxylation is 1. The fourth-order valence-corrected chi connectivity index (χ4v) is 1.40. The largest absolute Gasteiger partial charge is 0.347 e. The van der Waals surface area contributed by atoms with Crippen LogP contribution in [0.1, 0.15) is 16.1 Å². The summed E-state index contributed by atoms with van der Waals surface area (Å²) in [5.41, 5.74) is 0.943. The van der Waals surface area contributed by atoms with E-state index < -0.39 is 0 Å². The highest BCUT2D eigenvalue weighted by Gasteiger charge is 2.05. The molecule has 0 aliphatic carbocycles. The van der Waals surface area contributed by atoms with Gasteiger partial charge in [-0.05, 0) is 17.7 Å². The Morgan fingerprint density at radius 3 is 2.94 bits per heavy atom. The number of rotatable bonds is 3. The third-order valence-corrected chi connectivity index (χ3v) is 2.44. The quantitative estimate of drug-likeness (QED) is 0.831. The van der Waals surface area contributed by atoms with E-state index in [1.807, 2.05) is 0 Å². The Bertz CT molecular complexity index is 607. The van der Waals surface area contributed by atoms with Crippen molar-refractivity contribution < 1.29 is 4.79 Å². The minimum Gasteiger partial charge on any atom is -0.347 e. The molecule has 6 heteroatoms. The fraction of sp³-hybridized carbons (Fsp3) is 0.167. The molecule has 92 valence electrons. The van der Waals surface area contributed by atoms with Crippen molar-refractivity contribution >= 4 is 5.91 Å². The van der Waals surface area contributed by atoms with E-state index in [2.05, 4.69) is 15.3 Å². The highest BCUT2D eigenvalue weighted by Crippen LogP contribution is 1.96. The topological polar surface area (TPSA) is 76.9 Å². The average Bonchev–Trinajstić information content (AvgIpc) is 2.41. The zero-order valence-electron chi connectivity index (χ0n) is 9.83. The third kappa shape index (κ3) is 2.79. The maximum Gasteiger partial charge on any atom is 0.270 e. The molecule has 2 rings (SSSR count). The first-order valence-corrected chi connectivity index (χ1v) is 5.36. The molecule has 0 fully saturated rings. The van der Waals surface area contributed by atoms with Crippen molar-refractivity contribution in [1.29, 1.82) is 0 Å². The highest BCUT2D eigenvalue weighted by molar-refractivity contribution is 5.91. The summed E-state index contributed by atoms with van der Waals surface area (Å²) < 4.78 is 1.47. The van der Waals surface area contributed by atoms with Gasteiger partial charge in [0, 0.05) is 32.1 Å². The van der Waals surface area contributed by atoms with E-state index >= 15 is 0 Å². The number of carbonyl (C=O) groups is 1. The van der Waals surface area contributed by atoms with E-state index in [1.165, 1.54) is 29.2 Å².